The number of piperazine rings is 1. The molecule has 0 amide bonds. The van der Waals surface area contributed by atoms with Gasteiger partial charge >= 0.3 is 0 Å². The van der Waals surface area contributed by atoms with Gasteiger partial charge in [-0.15, -0.1) is 0 Å². The minimum absolute atomic E-state index is 0.369. The number of sulfonamides is 1. The van der Waals surface area contributed by atoms with Gasteiger partial charge < -0.3 is 4.90 Å². The van der Waals surface area contributed by atoms with Gasteiger partial charge in [0.05, 0.1) is 31.1 Å². The number of benzene rings is 2. The van der Waals surface area contributed by atoms with E-state index in [1.165, 1.54) is 16.0 Å². The molecular weight excluding hydrogens is 388 g/mol. The standard InChI is InChI=1S/C18H21BrN2O2S/c1-15-4-2-3-5-16(15)14-20-10-12-21(13-11-20)24(22,23)18-8-6-17(19)7-9-18/h2-9H,10-14H2,1H3/p+1. The van der Waals surface area contributed by atoms with Crippen molar-refractivity contribution in [3.63, 3.8) is 0 Å². The molecule has 0 unspecified atom stereocenters. The van der Waals surface area contributed by atoms with Crippen LogP contribution >= 0.6 is 15.9 Å². The fourth-order valence-corrected chi connectivity index (χ4v) is 4.76. The van der Waals surface area contributed by atoms with Gasteiger partial charge in [0.15, 0.2) is 0 Å². The SMILES string of the molecule is Cc1ccccc1C[NH+]1CCN(S(=O)(=O)c2ccc(Br)cc2)CC1. The van der Waals surface area contributed by atoms with Gasteiger partial charge in [-0.05, 0) is 36.8 Å². The molecule has 2 aromatic rings. The first-order valence-corrected chi connectivity index (χ1v) is 10.3. The summed E-state index contributed by atoms with van der Waals surface area (Å²) in [7, 11) is -3.38. The molecule has 1 heterocycles. The van der Waals surface area contributed by atoms with E-state index in [1.807, 2.05) is 0 Å². The summed E-state index contributed by atoms with van der Waals surface area (Å²) in [6.07, 6.45) is 0. The average molecular weight is 410 g/mol. The predicted octanol–water partition coefficient (Wildman–Crippen LogP) is 1.85. The summed E-state index contributed by atoms with van der Waals surface area (Å²) in [5.41, 5.74) is 2.65. The Morgan fingerprint density at radius 3 is 2.29 bits per heavy atom. The highest BCUT2D eigenvalue weighted by atomic mass is 79.9. The number of hydrogen-bond acceptors (Lipinski definition) is 2. The molecule has 0 bridgehead atoms. The Bertz CT molecular complexity index is 798. The molecule has 1 fully saturated rings. The van der Waals surface area contributed by atoms with E-state index in [0.29, 0.717) is 18.0 Å². The molecule has 2 aromatic carbocycles. The Morgan fingerprint density at radius 2 is 1.67 bits per heavy atom. The monoisotopic (exact) mass is 409 g/mol. The lowest BCUT2D eigenvalue weighted by Gasteiger charge is -2.31. The summed E-state index contributed by atoms with van der Waals surface area (Å²) < 4.78 is 27.9. The van der Waals surface area contributed by atoms with Crippen LogP contribution in [-0.4, -0.2) is 38.9 Å². The van der Waals surface area contributed by atoms with Crippen LogP contribution in [0.5, 0.6) is 0 Å². The van der Waals surface area contributed by atoms with Crippen LogP contribution in [0.2, 0.25) is 0 Å². The smallest absolute Gasteiger partial charge is 0.243 e. The summed E-state index contributed by atoms with van der Waals surface area (Å²) >= 11 is 3.34. The molecule has 0 radical (unpaired) electrons. The van der Waals surface area contributed by atoms with Crippen molar-refractivity contribution in [3.8, 4) is 0 Å². The Hall–Kier alpha value is -1.21. The minimum atomic E-state index is -3.38. The van der Waals surface area contributed by atoms with E-state index in [-0.39, 0.29) is 0 Å². The van der Waals surface area contributed by atoms with Crippen molar-refractivity contribution in [3.05, 3.63) is 64.1 Å². The molecule has 0 saturated carbocycles. The van der Waals surface area contributed by atoms with Crippen LogP contribution in [-0.2, 0) is 16.6 Å². The molecule has 0 aliphatic carbocycles. The molecule has 1 aliphatic heterocycles. The Kier molecular flexibility index (Phi) is 5.39. The second-order valence-corrected chi connectivity index (χ2v) is 9.06. The molecule has 128 valence electrons. The molecule has 6 heteroatoms. The van der Waals surface area contributed by atoms with Crippen LogP contribution in [0.15, 0.2) is 57.9 Å². The molecule has 1 N–H and O–H groups in total. The first-order chi connectivity index (χ1) is 11.5. The van der Waals surface area contributed by atoms with Gasteiger partial charge in [-0.3, -0.25) is 0 Å². The van der Waals surface area contributed by atoms with Crippen LogP contribution in [0.4, 0.5) is 0 Å². The van der Waals surface area contributed by atoms with E-state index in [4.69, 9.17) is 0 Å². The third-order valence-electron chi connectivity index (χ3n) is 4.58. The lowest BCUT2D eigenvalue weighted by molar-refractivity contribution is -0.917. The highest BCUT2D eigenvalue weighted by Gasteiger charge is 2.30. The number of halogens is 1. The topological polar surface area (TPSA) is 41.8 Å². The van der Waals surface area contributed by atoms with Crippen molar-refractivity contribution < 1.29 is 13.3 Å². The molecule has 24 heavy (non-hydrogen) atoms. The van der Waals surface area contributed by atoms with Crippen molar-refractivity contribution in [1.82, 2.24) is 4.31 Å². The largest absolute Gasteiger partial charge is 0.329 e. The fourth-order valence-electron chi connectivity index (χ4n) is 3.05. The third kappa shape index (κ3) is 3.88. The number of rotatable bonds is 4. The highest BCUT2D eigenvalue weighted by Crippen LogP contribution is 2.18. The molecule has 1 aliphatic rings. The summed E-state index contributed by atoms with van der Waals surface area (Å²) in [4.78, 5) is 1.81. The zero-order valence-corrected chi connectivity index (χ0v) is 16.1. The van der Waals surface area contributed by atoms with E-state index in [9.17, 15) is 8.42 Å². The number of nitrogens with one attached hydrogen (secondary N) is 1. The number of aryl methyl sites for hydroxylation is 1. The van der Waals surface area contributed by atoms with E-state index in [2.05, 4.69) is 47.1 Å². The number of hydrogen-bond donors (Lipinski definition) is 1. The van der Waals surface area contributed by atoms with Gasteiger partial charge in [0.2, 0.25) is 10.0 Å². The normalized spacial score (nSPS) is 17.1. The Labute approximate surface area is 152 Å². The van der Waals surface area contributed by atoms with Crippen LogP contribution in [0.3, 0.4) is 0 Å². The highest BCUT2D eigenvalue weighted by molar-refractivity contribution is 9.10. The zero-order valence-electron chi connectivity index (χ0n) is 13.7. The number of quaternary nitrogens is 1. The summed E-state index contributed by atoms with van der Waals surface area (Å²) in [5.74, 6) is 0. The van der Waals surface area contributed by atoms with E-state index in [0.717, 1.165) is 24.1 Å². The summed E-state index contributed by atoms with van der Waals surface area (Å²) in [6.45, 7) is 5.90. The Balaban J connectivity index is 1.64. The molecular formula is C18H22BrN2O2S+. The molecule has 0 spiro atoms. The minimum Gasteiger partial charge on any atom is -0.329 e. The summed E-state index contributed by atoms with van der Waals surface area (Å²) in [5, 5.41) is 0. The van der Waals surface area contributed by atoms with Gasteiger partial charge in [0.25, 0.3) is 0 Å². The molecule has 0 atom stereocenters. The summed E-state index contributed by atoms with van der Waals surface area (Å²) in [6, 6.07) is 15.3. The Morgan fingerprint density at radius 1 is 1.04 bits per heavy atom. The van der Waals surface area contributed by atoms with Crippen molar-refractivity contribution in [2.24, 2.45) is 0 Å². The molecule has 4 nitrogen and oxygen atoms in total. The predicted molar refractivity (Wildman–Crippen MR) is 98.5 cm³/mol. The van der Waals surface area contributed by atoms with Gasteiger partial charge in [-0.1, -0.05) is 40.2 Å². The van der Waals surface area contributed by atoms with E-state index < -0.39 is 10.0 Å². The van der Waals surface area contributed by atoms with Gasteiger partial charge in [-0.2, -0.15) is 4.31 Å². The fraction of sp³-hybridized carbons (Fsp3) is 0.333. The second kappa shape index (κ2) is 7.35. The van der Waals surface area contributed by atoms with Gasteiger partial charge in [0.1, 0.15) is 6.54 Å². The quantitative estimate of drug-likeness (QED) is 0.836. The molecule has 0 aromatic heterocycles. The maximum atomic E-state index is 12.7. The zero-order chi connectivity index (χ0) is 17.2. The lowest BCUT2D eigenvalue weighted by Crippen LogP contribution is -3.13. The van der Waals surface area contributed by atoms with Crippen molar-refractivity contribution in [2.45, 2.75) is 18.4 Å². The molecule has 1 saturated heterocycles. The van der Waals surface area contributed by atoms with Crippen molar-refractivity contribution in [2.75, 3.05) is 26.2 Å². The number of nitrogens with zero attached hydrogens (tertiary/aromatic N) is 1. The average Bonchev–Trinajstić information content (AvgIpc) is 2.58. The third-order valence-corrected chi connectivity index (χ3v) is 7.02. The van der Waals surface area contributed by atoms with E-state index in [1.54, 1.807) is 28.6 Å². The first-order valence-electron chi connectivity index (χ1n) is 8.10. The van der Waals surface area contributed by atoms with Crippen molar-refractivity contribution >= 4 is 26.0 Å². The maximum Gasteiger partial charge on any atom is 0.243 e. The van der Waals surface area contributed by atoms with E-state index >= 15 is 0 Å². The maximum absolute atomic E-state index is 12.7. The molecule has 3 rings (SSSR count). The van der Waals surface area contributed by atoms with Crippen LogP contribution in [0.1, 0.15) is 11.1 Å². The first kappa shape index (κ1) is 17.6. The lowest BCUT2D eigenvalue weighted by atomic mass is 10.1. The second-order valence-electron chi connectivity index (χ2n) is 6.21. The van der Waals surface area contributed by atoms with Crippen LogP contribution < -0.4 is 4.90 Å². The van der Waals surface area contributed by atoms with Gasteiger partial charge in [-0.25, -0.2) is 8.42 Å². The van der Waals surface area contributed by atoms with Gasteiger partial charge in [0, 0.05) is 10.0 Å². The van der Waals surface area contributed by atoms with Crippen LogP contribution in [0, 0.1) is 6.92 Å². The van der Waals surface area contributed by atoms with Crippen molar-refractivity contribution in [1.29, 1.82) is 0 Å². The van der Waals surface area contributed by atoms with Crippen LogP contribution in [0.25, 0.3) is 0 Å².